The molecule has 0 saturated heterocycles. The number of methoxy groups -OCH3 is 1. The van der Waals surface area contributed by atoms with Crippen molar-refractivity contribution in [1.29, 1.82) is 5.41 Å². The molecule has 0 fully saturated rings. The third-order valence-corrected chi connectivity index (χ3v) is 3.59. The molecule has 0 aliphatic carbocycles. The minimum absolute atomic E-state index is 0.0153. The van der Waals surface area contributed by atoms with Crippen LogP contribution in [0.25, 0.3) is 0 Å². The molecule has 1 heterocycles. The molecular formula is C14H15N3OS. The zero-order valence-corrected chi connectivity index (χ0v) is 11.4. The van der Waals surface area contributed by atoms with Crippen molar-refractivity contribution in [3.8, 4) is 5.75 Å². The highest BCUT2D eigenvalue weighted by Crippen LogP contribution is 2.24. The molecule has 0 aliphatic rings. The molecule has 0 atom stereocenters. The van der Waals surface area contributed by atoms with E-state index in [1.165, 1.54) is 0 Å². The molecule has 0 amide bonds. The van der Waals surface area contributed by atoms with Crippen LogP contribution in [-0.4, -0.2) is 17.9 Å². The second-order valence-electron chi connectivity index (χ2n) is 3.90. The van der Waals surface area contributed by atoms with Gasteiger partial charge in [-0.15, -0.1) is 11.8 Å². The summed E-state index contributed by atoms with van der Waals surface area (Å²) in [5, 5.41) is 8.53. The molecule has 2 rings (SSSR count). The Morgan fingerprint density at radius 2 is 2.21 bits per heavy atom. The molecule has 0 bridgehead atoms. The number of thioether (sulfide) groups is 1. The Morgan fingerprint density at radius 1 is 1.37 bits per heavy atom. The molecule has 3 N–H and O–H groups in total. The molecular weight excluding hydrogens is 258 g/mol. The van der Waals surface area contributed by atoms with Crippen molar-refractivity contribution >= 4 is 17.6 Å². The van der Waals surface area contributed by atoms with Gasteiger partial charge in [0.2, 0.25) is 0 Å². The van der Waals surface area contributed by atoms with Crippen molar-refractivity contribution in [3.05, 3.63) is 53.7 Å². The number of hydrogen-bond donors (Lipinski definition) is 2. The van der Waals surface area contributed by atoms with Gasteiger partial charge in [0.1, 0.15) is 11.6 Å². The summed E-state index contributed by atoms with van der Waals surface area (Å²) < 4.78 is 5.18. The smallest absolute Gasteiger partial charge is 0.129 e. The number of ether oxygens (including phenoxy) is 1. The first kappa shape index (κ1) is 13.4. The summed E-state index contributed by atoms with van der Waals surface area (Å²) in [6.07, 6.45) is 1.78. The van der Waals surface area contributed by atoms with Crippen LogP contribution in [0.1, 0.15) is 11.1 Å². The van der Waals surface area contributed by atoms with E-state index >= 15 is 0 Å². The number of hydrogen-bond acceptors (Lipinski definition) is 4. The Balaban J connectivity index is 2.13. The van der Waals surface area contributed by atoms with E-state index in [1.807, 2.05) is 36.4 Å². The van der Waals surface area contributed by atoms with E-state index in [1.54, 1.807) is 25.1 Å². The summed E-state index contributed by atoms with van der Waals surface area (Å²) in [6, 6.07) is 11.5. The normalized spacial score (nSPS) is 10.2. The number of nitrogens with one attached hydrogen (secondary N) is 1. The fourth-order valence-electron chi connectivity index (χ4n) is 1.65. The van der Waals surface area contributed by atoms with E-state index in [4.69, 9.17) is 15.9 Å². The van der Waals surface area contributed by atoms with Gasteiger partial charge in [-0.3, -0.25) is 5.41 Å². The number of nitrogen functional groups attached to an aromatic ring is 1. The van der Waals surface area contributed by atoms with Crippen LogP contribution in [0.2, 0.25) is 0 Å². The zero-order valence-electron chi connectivity index (χ0n) is 10.6. The van der Waals surface area contributed by atoms with Gasteiger partial charge in [-0.25, -0.2) is 4.98 Å². The monoisotopic (exact) mass is 273 g/mol. The van der Waals surface area contributed by atoms with Gasteiger partial charge in [0.05, 0.1) is 17.7 Å². The minimum Gasteiger partial charge on any atom is -0.496 e. The molecule has 4 nitrogen and oxygen atoms in total. The molecule has 0 unspecified atom stereocenters. The van der Waals surface area contributed by atoms with Crippen molar-refractivity contribution in [3.63, 3.8) is 0 Å². The summed E-state index contributed by atoms with van der Waals surface area (Å²) in [5.41, 5.74) is 7.26. The summed E-state index contributed by atoms with van der Waals surface area (Å²) in [7, 11) is 1.57. The van der Waals surface area contributed by atoms with Crippen molar-refractivity contribution in [2.45, 2.75) is 10.8 Å². The van der Waals surface area contributed by atoms with Gasteiger partial charge >= 0.3 is 0 Å². The third kappa shape index (κ3) is 3.48. The molecule has 1 aromatic heterocycles. The average Bonchev–Trinajstić information content (AvgIpc) is 2.46. The third-order valence-electron chi connectivity index (χ3n) is 2.58. The Bertz CT molecular complexity index is 572. The Morgan fingerprint density at radius 3 is 2.84 bits per heavy atom. The van der Waals surface area contributed by atoms with Gasteiger partial charge in [0, 0.05) is 11.9 Å². The molecule has 0 radical (unpaired) electrons. The molecule has 5 heteroatoms. The lowest BCUT2D eigenvalue weighted by Gasteiger charge is -2.09. The first-order chi connectivity index (χ1) is 9.20. The second kappa shape index (κ2) is 6.24. The zero-order chi connectivity index (χ0) is 13.7. The lowest BCUT2D eigenvalue weighted by atomic mass is 10.1. The van der Waals surface area contributed by atoms with Gasteiger partial charge in [0.25, 0.3) is 0 Å². The number of pyridine rings is 1. The number of benzene rings is 1. The fraction of sp³-hybridized carbons (Fsp3) is 0.143. The topological polar surface area (TPSA) is 72.0 Å². The van der Waals surface area contributed by atoms with E-state index in [2.05, 4.69) is 4.98 Å². The fourth-order valence-corrected chi connectivity index (χ4v) is 2.45. The molecule has 98 valence electrons. The molecule has 0 spiro atoms. The van der Waals surface area contributed by atoms with Crippen LogP contribution in [-0.2, 0) is 5.75 Å². The standard InChI is InChI=1S/C14H15N3OS/c1-18-12-6-5-10(8-11(12)14(15)16)9-19-13-4-2-3-7-17-13/h2-8H,9H2,1H3,(H3,15,16). The van der Waals surface area contributed by atoms with Crippen LogP contribution in [0, 0.1) is 5.41 Å². The first-order valence-electron chi connectivity index (χ1n) is 5.76. The molecule has 0 saturated carbocycles. The molecule has 0 aliphatic heterocycles. The van der Waals surface area contributed by atoms with E-state index in [9.17, 15) is 0 Å². The summed E-state index contributed by atoms with van der Waals surface area (Å²) in [5.74, 6) is 1.42. The van der Waals surface area contributed by atoms with Gasteiger partial charge in [-0.2, -0.15) is 0 Å². The van der Waals surface area contributed by atoms with E-state index in [0.717, 1.165) is 16.3 Å². The van der Waals surface area contributed by atoms with Gasteiger partial charge in [-0.1, -0.05) is 12.1 Å². The van der Waals surface area contributed by atoms with Crippen molar-refractivity contribution < 1.29 is 4.74 Å². The highest BCUT2D eigenvalue weighted by Gasteiger charge is 2.07. The summed E-state index contributed by atoms with van der Waals surface area (Å²) >= 11 is 1.64. The minimum atomic E-state index is 0.0153. The maximum Gasteiger partial charge on any atom is 0.129 e. The van der Waals surface area contributed by atoms with Gasteiger partial charge < -0.3 is 10.5 Å². The summed E-state index contributed by atoms with van der Waals surface area (Å²) in [6.45, 7) is 0. The molecule has 1 aromatic carbocycles. The quantitative estimate of drug-likeness (QED) is 0.499. The van der Waals surface area contributed by atoms with Gasteiger partial charge in [0.15, 0.2) is 0 Å². The first-order valence-corrected chi connectivity index (χ1v) is 6.74. The van der Waals surface area contributed by atoms with E-state index in [0.29, 0.717) is 11.3 Å². The van der Waals surface area contributed by atoms with E-state index < -0.39 is 0 Å². The number of nitrogens with zero attached hydrogens (tertiary/aromatic N) is 1. The Labute approximate surface area is 116 Å². The highest BCUT2D eigenvalue weighted by molar-refractivity contribution is 7.98. The van der Waals surface area contributed by atoms with Crippen LogP contribution in [0.15, 0.2) is 47.6 Å². The molecule has 19 heavy (non-hydrogen) atoms. The lowest BCUT2D eigenvalue weighted by Crippen LogP contribution is -2.12. The second-order valence-corrected chi connectivity index (χ2v) is 4.90. The predicted octanol–water partition coefficient (Wildman–Crippen LogP) is 2.67. The van der Waals surface area contributed by atoms with E-state index in [-0.39, 0.29) is 5.84 Å². The van der Waals surface area contributed by atoms with Gasteiger partial charge in [-0.05, 0) is 29.8 Å². The average molecular weight is 273 g/mol. The maximum atomic E-state index is 7.55. The van der Waals surface area contributed by atoms with Crippen LogP contribution in [0.3, 0.4) is 0 Å². The lowest BCUT2D eigenvalue weighted by molar-refractivity contribution is 0.413. The maximum absolute atomic E-state index is 7.55. The Hall–Kier alpha value is -2.01. The largest absolute Gasteiger partial charge is 0.496 e. The predicted molar refractivity (Wildman–Crippen MR) is 77.8 cm³/mol. The van der Waals surface area contributed by atoms with Crippen LogP contribution < -0.4 is 10.5 Å². The molecule has 2 aromatic rings. The van der Waals surface area contributed by atoms with Crippen molar-refractivity contribution in [1.82, 2.24) is 4.98 Å². The van der Waals surface area contributed by atoms with Crippen LogP contribution in [0.4, 0.5) is 0 Å². The Kier molecular flexibility index (Phi) is 4.41. The van der Waals surface area contributed by atoms with Crippen LogP contribution >= 0.6 is 11.8 Å². The number of amidine groups is 1. The SMILES string of the molecule is COc1ccc(CSc2ccccn2)cc1C(=N)N. The number of aromatic nitrogens is 1. The number of rotatable bonds is 5. The number of nitrogens with two attached hydrogens (primary N) is 1. The highest BCUT2D eigenvalue weighted by atomic mass is 32.2. The van der Waals surface area contributed by atoms with Crippen LogP contribution in [0.5, 0.6) is 5.75 Å². The van der Waals surface area contributed by atoms with Crippen molar-refractivity contribution in [2.24, 2.45) is 5.73 Å². The summed E-state index contributed by atoms with van der Waals surface area (Å²) in [4.78, 5) is 4.26. The van der Waals surface area contributed by atoms with Crippen molar-refractivity contribution in [2.75, 3.05) is 7.11 Å².